The van der Waals surface area contributed by atoms with Crippen molar-refractivity contribution >= 4 is 17.8 Å². The first-order valence-electron chi connectivity index (χ1n) is 7.12. The van der Waals surface area contributed by atoms with E-state index in [9.17, 15) is 14.4 Å². The van der Waals surface area contributed by atoms with Gasteiger partial charge in [-0.1, -0.05) is 12.8 Å². The van der Waals surface area contributed by atoms with Gasteiger partial charge in [-0.15, -0.1) is 0 Å². The summed E-state index contributed by atoms with van der Waals surface area (Å²) >= 11 is 0. The van der Waals surface area contributed by atoms with Crippen molar-refractivity contribution < 1.29 is 14.4 Å². The number of amides is 4. The van der Waals surface area contributed by atoms with E-state index in [1.165, 1.54) is 4.90 Å². The third-order valence-corrected chi connectivity index (χ3v) is 4.54. The standard InChI is InChI=1S/C13H20N4O3/c1-15-9-16(8-10(15)18)6-7-17-11(19)13(14-12(17)20)4-2-3-5-13/h2-9H2,1H3,(H,14,20). The largest absolute Gasteiger partial charge is 0.332 e. The Hall–Kier alpha value is -1.63. The summed E-state index contributed by atoms with van der Waals surface area (Å²) in [6.45, 7) is 1.83. The van der Waals surface area contributed by atoms with Gasteiger partial charge in [-0.25, -0.2) is 4.79 Å². The van der Waals surface area contributed by atoms with Crippen LogP contribution in [0, 0.1) is 0 Å². The third kappa shape index (κ3) is 2.06. The molecule has 20 heavy (non-hydrogen) atoms. The van der Waals surface area contributed by atoms with E-state index in [-0.39, 0.29) is 17.8 Å². The quantitative estimate of drug-likeness (QED) is 0.713. The van der Waals surface area contributed by atoms with Crippen LogP contribution in [0.25, 0.3) is 0 Å². The molecule has 2 saturated heterocycles. The molecular weight excluding hydrogens is 260 g/mol. The first-order valence-corrected chi connectivity index (χ1v) is 7.12. The summed E-state index contributed by atoms with van der Waals surface area (Å²) in [4.78, 5) is 40.7. The van der Waals surface area contributed by atoms with Gasteiger partial charge >= 0.3 is 6.03 Å². The fraction of sp³-hybridized carbons (Fsp3) is 0.769. The van der Waals surface area contributed by atoms with Crippen LogP contribution in [0.3, 0.4) is 0 Å². The summed E-state index contributed by atoms with van der Waals surface area (Å²) in [7, 11) is 1.75. The fourth-order valence-electron chi connectivity index (χ4n) is 3.33. The van der Waals surface area contributed by atoms with Crippen LogP contribution in [0.2, 0.25) is 0 Å². The van der Waals surface area contributed by atoms with Crippen molar-refractivity contribution in [3.63, 3.8) is 0 Å². The van der Waals surface area contributed by atoms with E-state index in [2.05, 4.69) is 5.32 Å². The second-order valence-electron chi connectivity index (χ2n) is 5.96. The molecule has 2 heterocycles. The molecule has 1 saturated carbocycles. The monoisotopic (exact) mass is 280 g/mol. The highest BCUT2D eigenvalue weighted by Gasteiger charge is 2.52. The van der Waals surface area contributed by atoms with Crippen LogP contribution in [0.5, 0.6) is 0 Å². The van der Waals surface area contributed by atoms with Gasteiger partial charge < -0.3 is 10.2 Å². The molecule has 0 aromatic heterocycles. The van der Waals surface area contributed by atoms with E-state index in [1.54, 1.807) is 11.9 Å². The zero-order chi connectivity index (χ0) is 14.3. The minimum absolute atomic E-state index is 0.0782. The molecule has 2 aliphatic heterocycles. The number of nitrogens with zero attached hydrogens (tertiary/aromatic N) is 3. The molecule has 0 aromatic carbocycles. The van der Waals surface area contributed by atoms with Crippen molar-refractivity contribution in [3.05, 3.63) is 0 Å². The number of likely N-dealkylation sites (N-methyl/N-ethyl adjacent to an activating group) is 1. The van der Waals surface area contributed by atoms with Gasteiger partial charge in [0.2, 0.25) is 5.91 Å². The Labute approximate surface area is 117 Å². The van der Waals surface area contributed by atoms with Crippen molar-refractivity contribution in [2.75, 3.05) is 33.4 Å². The Morgan fingerprint density at radius 1 is 1.15 bits per heavy atom. The van der Waals surface area contributed by atoms with Crippen molar-refractivity contribution in [2.24, 2.45) is 0 Å². The van der Waals surface area contributed by atoms with Crippen molar-refractivity contribution in [1.29, 1.82) is 0 Å². The Morgan fingerprint density at radius 3 is 2.45 bits per heavy atom. The second-order valence-corrected chi connectivity index (χ2v) is 5.96. The molecule has 3 rings (SSSR count). The van der Waals surface area contributed by atoms with Gasteiger partial charge in [0.25, 0.3) is 5.91 Å². The van der Waals surface area contributed by atoms with Gasteiger partial charge in [0.1, 0.15) is 5.54 Å². The predicted octanol–water partition coefficient (Wildman–Crippen LogP) is -0.417. The first-order chi connectivity index (χ1) is 9.52. The lowest BCUT2D eigenvalue weighted by Gasteiger charge is -2.21. The van der Waals surface area contributed by atoms with Crippen molar-refractivity contribution in [2.45, 2.75) is 31.2 Å². The van der Waals surface area contributed by atoms with Crippen molar-refractivity contribution in [1.82, 2.24) is 20.0 Å². The van der Waals surface area contributed by atoms with E-state index in [1.807, 2.05) is 4.90 Å². The lowest BCUT2D eigenvalue weighted by Crippen LogP contribution is -2.44. The highest BCUT2D eigenvalue weighted by Crippen LogP contribution is 2.34. The summed E-state index contributed by atoms with van der Waals surface area (Å²) in [6.07, 6.45) is 3.48. The van der Waals surface area contributed by atoms with Gasteiger partial charge in [-0.05, 0) is 12.8 Å². The van der Waals surface area contributed by atoms with Gasteiger partial charge in [0.15, 0.2) is 0 Å². The number of hydrogen-bond donors (Lipinski definition) is 1. The van der Waals surface area contributed by atoms with Crippen LogP contribution in [-0.4, -0.2) is 71.4 Å². The maximum absolute atomic E-state index is 12.4. The molecule has 0 atom stereocenters. The van der Waals surface area contributed by atoms with Crippen LogP contribution in [0.4, 0.5) is 4.79 Å². The summed E-state index contributed by atoms with van der Waals surface area (Å²) in [6, 6.07) is -0.282. The topological polar surface area (TPSA) is 73.0 Å². The van der Waals surface area contributed by atoms with Crippen LogP contribution in [-0.2, 0) is 9.59 Å². The van der Waals surface area contributed by atoms with Crippen LogP contribution >= 0.6 is 0 Å². The number of carbonyl (C=O) groups excluding carboxylic acids is 3. The van der Waals surface area contributed by atoms with Gasteiger partial charge in [-0.2, -0.15) is 0 Å². The number of imide groups is 1. The van der Waals surface area contributed by atoms with Gasteiger partial charge in [0.05, 0.1) is 13.2 Å². The molecule has 110 valence electrons. The smallest absolute Gasteiger partial charge is 0.325 e. The molecule has 4 amide bonds. The fourth-order valence-corrected chi connectivity index (χ4v) is 3.33. The third-order valence-electron chi connectivity index (χ3n) is 4.54. The molecule has 0 radical (unpaired) electrons. The SMILES string of the molecule is CN1CN(CCN2C(=O)NC3(CCCC3)C2=O)CC1=O. The number of urea groups is 1. The molecule has 0 bridgehead atoms. The van der Waals surface area contributed by atoms with E-state index >= 15 is 0 Å². The molecule has 3 aliphatic rings. The average molecular weight is 280 g/mol. The minimum Gasteiger partial charge on any atom is -0.332 e. The zero-order valence-electron chi connectivity index (χ0n) is 11.7. The second kappa shape index (κ2) is 4.73. The van der Waals surface area contributed by atoms with Gasteiger partial charge in [0, 0.05) is 20.1 Å². The number of hydrogen-bond acceptors (Lipinski definition) is 4. The highest BCUT2D eigenvalue weighted by molar-refractivity contribution is 6.07. The highest BCUT2D eigenvalue weighted by atomic mass is 16.2. The lowest BCUT2D eigenvalue weighted by molar-refractivity contribution is -0.131. The van der Waals surface area contributed by atoms with E-state index in [4.69, 9.17) is 0 Å². The number of nitrogens with one attached hydrogen (secondary N) is 1. The molecule has 1 N–H and O–H groups in total. The van der Waals surface area contributed by atoms with E-state index in [0.717, 1.165) is 25.7 Å². The Morgan fingerprint density at radius 2 is 1.85 bits per heavy atom. The predicted molar refractivity (Wildman–Crippen MR) is 70.7 cm³/mol. The Kier molecular flexibility index (Phi) is 3.16. The molecular formula is C13H20N4O3. The first kappa shape index (κ1) is 13.4. The summed E-state index contributed by atoms with van der Waals surface area (Å²) < 4.78 is 0. The molecule has 7 heteroatoms. The minimum atomic E-state index is -0.630. The zero-order valence-corrected chi connectivity index (χ0v) is 11.7. The summed E-state index contributed by atoms with van der Waals surface area (Å²) in [5.74, 6) is -0.00617. The van der Waals surface area contributed by atoms with Crippen molar-refractivity contribution in [3.8, 4) is 0 Å². The number of carbonyl (C=O) groups is 3. The molecule has 7 nitrogen and oxygen atoms in total. The normalized spacial score (nSPS) is 26.1. The maximum atomic E-state index is 12.4. The lowest BCUT2D eigenvalue weighted by atomic mass is 9.98. The summed E-state index contributed by atoms with van der Waals surface area (Å²) in [5.41, 5.74) is -0.630. The van der Waals surface area contributed by atoms with E-state index < -0.39 is 5.54 Å². The molecule has 0 unspecified atom stereocenters. The van der Waals surface area contributed by atoms with Gasteiger partial charge in [-0.3, -0.25) is 19.4 Å². The summed E-state index contributed by atoms with van der Waals surface area (Å²) in [5, 5.41) is 2.86. The molecule has 1 aliphatic carbocycles. The molecule has 3 fully saturated rings. The Balaban J connectivity index is 1.59. The molecule has 1 spiro atoms. The molecule has 0 aromatic rings. The van der Waals surface area contributed by atoms with Crippen LogP contribution in [0.1, 0.15) is 25.7 Å². The van der Waals surface area contributed by atoms with E-state index in [0.29, 0.717) is 26.3 Å². The maximum Gasteiger partial charge on any atom is 0.325 e. The van der Waals surface area contributed by atoms with Crippen LogP contribution in [0.15, 0.2) is 0 Å². The average Bonchev–Trinajstić information content (AvgIpc) is 3.04. The Bertz CT molecular complexity index is 459. The number of rotatable bonds is 3. The van der Waals surface area contributed by atoms with Crippen LogP contribution < -0.4 is 5.32 Å².